The van der Waals surface area contributed by atoms with Gasteiger partial charge in [-0.2, -0.15) is 0 Å². The topological polar surface area (TPSA) is 15.3 Å². The molecule has 0 aromatic carbocycles. The number of nitrogens with one attached hydrogen (secondary N) is 1. The molecule has 0 spiro atoms. The number of rotatable bonds is 3. The molecule has 1 saturated carbocycles. The van der Waals surface area contributed by atoms with Crippen molar-refractivity contribution in [2.75, 3.05) is 20.1 Å². The Bertz CT molecular complexity index is 260. The van der Waals surface area contributed by atoms with Crippen LogP contribution in [0.25, 0.3) is 0 Å². The third kappa shape index (κ3) is 3.48. The number of hydrogen-bond acceptors (Lipinski definition) is 2. The summed E-state index contributed by atoms with van der Waals surface area (Å²) in [5.41, 5.74) is 0.546. The molecule has 1 N–H and O–H groups in total. The van der Waals surface area contributed by atoms with Crippen molar-refractivity contribution in [3.63, 3.8) is 0 Å². The van der Waals surface area contributed by atoms with E-state index < -0.39 is 0 Å². The Morgan fingerprint density at radius 2 is 2.00 bits per heavy atom. The van der Waals surface area contributed by atoms with Crippen molar-refractivity contribution in [2.45, 2.75) is 71.4 Å². The standard InChI is InChI=1S/C16H32N2/c1-13-9-15(11-16(2,3)10-13)18-8-6-5-7-14(18)12-17-4/h13-15,17H,5-12H2,1-4H3. The number of likely N-dealkylation sites (N-methyl/N-ethyl adjacent to an activating group) is 1. The molecule has 0 amide bonds. The van der Waals surface area contributed by atoms with Gasteiger partial charge in [0.2, 0.25) is 0 Å². The predicted octanol–water partition coefficient (Wildman–Crippen LogP) is 3.28. The van der Waals surface area contributed by atoms with Crippen molar-refractivity contribution in [3.05, 3.63) is 0 Å². The molecule has 0 radical (unpaired) electrons. The highest BCUT2D eigenvalue weighted by atomic mass is 15.2. The number of nitrogens with zero attached hydrogens (tertiary/aromatic N) is 1. The fraction of sp³-hybridized carbons (Fsp3) is 1.00. The van der Waals surface area contributed by atoms with Gasteiger partial charge in [0.05, 0.1) is 0 Å². The molecule has 0 bridgehead atoms. The summed E-state index contributed by atoms with van der Waals surface area (Å²) < 4.78 is 0. The SMILES string of the molecule is CNCC1CCCCN1C1CC(C)CC(C)(C)C1. The van der Waals surface area contributed by atoms with E-state index in [0.29, 0.717) is 5.41 Å². The summed E-state index contributed by atoms with van der Waals surface area (Å²) in [6.45, 7) is 9.88. The molecule has 2 nitrogen and oxygen atoms in total. The predicted molar refractivity (Wildman–Crippen MR) is 78.9 cm³/mol. The molecule has 3 atom stereocenters. The van der Waals surface area contributed by atoms with Crippen LogP contribution in [-0.2, 0) is 0 Å². The van der Waals surface area contributed by atoms with E-state index in [-0.39, 0.29) is 0 Å². The van der Waals surface area contributed by atoms with Crippen LogP contribution in [0, 0.1) is 11.3 Å². The van der Waals surface area contributed by atoms with Gasteiger partial charge in [-0.25, -0.2) is 0 Å². The fourth-order valence-corrected chi connectivity index (χ4v) is 4.51. The normalized spacial score (nSPS) is 37.7. The summed E-state index contributed by atoms with van der Waals surface area (Å²) in [4.78, 5) is 2.84. The Kier molecular flexibility index (Phi) is 4.71. The van der Waals surface area contributed by atoms with E-state index in [2.05, 4.69) is 38.0 Å². The van der Waals surface area contributed by atoms with Crippen molar-refractivity contribution in [1.82, 2.24) is 10.2 Å². The summed E-state index contributed by atoms with van der Waals surface area (Å²) in [7, 11) is 2.10. The molecule has 106 valence electrons. The van der Waals surface area contributed by atoms with Gasteiger partial charge in [0, 0.05) is 18.6 Å². The first-order valence-corrected chi connectivity index (χ1v) is 7.92. The van der Waals surface area contributed by atoms with Gasteiger partial charge in [0.15, 0.2) is 0 Å². The fourth-order valence-electron chi connectivity index (χ4n) is 4.51. The second kappa shape index (κ2) is 5.92. The maximum atomic E-state index is 3.40. The molecule has 0 aromatic rings. The molecule has 2 rings (SSSR count). The smallest absolute Gasteiger partial charge is 0.0223 e. The van der Waals surface area contributed by atoms with E-state index in [0.717, 1.165) is 18.0 Å². The molecule has 18 heavy (non-hydrogen) atoms. The molecule has 2 aliphatic rings. The van der Waals surface area contributed by atoms with E-state index in [4.69, 9.17) is 0 Å². The van der Waals surface area contributed by atoms with Crippen molar-refractivity contribution in [3.8, 4) is 0 Å². The van der Waals surface area contributed by atoms with Crippen LogP contribution in [0.2, 0.25) is 0 Å². The van der Waals surface area contributed by atoms with Gasteiger partial charge in [-0.15, -0.1) is 0 Å². The molecular formula is C16H32N2. The molecule has 1 saturated heterocycles. The Hall–Kier alpha value is -0.0800. The minimum Gasteiger partial charge on any atom is -0.318 e. The van der Waals surface area contributed by atoms with Crippen LogP contribution in [0.5, 0.6) is 0 Å². The molecular weight excluding hydrogens is 220 g/mol. The molecule has 1 aliphatic carbocycles. The van der Waals surface area contributed by atoms with E-state index >= 15 is 0 Å². The van der Waals surface area contributed by atoms with Crippen LogP contribution >= 0.6 is 0 Å². The molecule has 2 fully saturated rings. The lowest BCUT2D eigenvalue weighted by Gasteiger charge is -2.48. The average Bonchev–Trinajstić information content (AvgIpc) is 2.27. The van der Waals surface area contributed by atoms with E-state index in [1.165, 1.54) is 51.6 Å². The molecule has 3 unspecified atom stereocenters. The van der Waals surface area contributed by atoms with Crippen molar-refractivity contribution >= 4 is 0 Å². The lowest BCUT2D eigenvalue weighted by molar-refractivity contribution is 0.0218. The largest absolute Gasteiger partial charge is 0.318 e. The van der Waals surface area contributed by atoms with Crippen LogP contribution in [0.3, 0.4) is 0 Å². The van der Waals surface area contributed by atoms with Gasteiger partial charge < -0.3 is 5.32 Å². The van der Waals surface area contributed by atoms with Crippen LogP contribution in [0.1, 0.15) is 59.3 Å². The minimum atomic E-state index is 0.546. The average molecular weight is 252 g/mol. The van der Waals surface area contributed by atoms with Gasteiger partial charge in [0.25, 0.3) is 0 Å². The highest BCUT2D eigenvalue weighted by Gasteiger charge is 2.37. The quantitative estimate of drug-likeness (QED) is 0.829. The van der Waals surface area contributed by atoms with Crippen molar-refractivity contribution in [2.24, 2.45) is 11.3 Å². The van der Waals surface area contributed by atoms with Gasteiger partial charge in [-0.1, -0.05) is 27.2 Å². The minimum absolute atomic E-state index is 0.546. The number of piperidine rings is 1. The monoisotopic (exact) mass is 252 g/mol. The highest BCUT2D eigenvalue weighted by molar-refractivity contribution is 4.92. The molecule has 1 aliphatic heterocycles. The summed E-state index contributed by atoms with van der Waals surface area (Å²) in [6, 6.07) is 1.62. The summed E-state index contributed by atoms with van der Waals surface area (Å²) in [5.74, 6) is 0.899. The van der Waals surface area contributed by atoms with Crippen LogP contribution in [0.4, 0.5) is 0 Å². The summed E-state index contributed by atoms with van der Waals surface area (Å²) in [5, 5.41) is 3.40. The first kappa shape index (κ1) is 14.3. The van der Waals surface area contributed by atoms with Gasteiger partial charge >= 0.3 is 0 Å². The zero-order valence-corrected chi connectivity index (χ0v) is 12.8. The number of hydrogen-bond donors (Lipinski definition) is 1. The van der Waals surface area contributed by atoms with E-state index in [1.807, 2.05) is 0 Å². The zero-order chi connectivity index (χ0) is 13.2. The Balaban J connectivity index is 2.03. The molecule has 1 heterocycles. The van der Waals surface area contributed by atoms with Crippen molar-refractivity contribution in [1.29, 1.82) is 0 Å². The van der Waals surface area contributed by atoms with Gasteiger partial charge in [-0.3, -0.25) is 4.90 Å². The second-order valence-corrected chi connectivity index (χ2v) is 7.51. The van der Waals surface area contributed by atoms with Crippen LogP contribution in [0.15, 0.2) is 0 Å². The van der Waals surface area contributed by atoms with Gasteiger partial charge in [0.1, 0.15) is 0 Å². The first-order chi connectivity index (χ1) is 8.52. The van der Waals surface area contributed by atoms with E-state index in [9.17, 15) is 0 Å². The maximum absolute atomic E-state index is 3.40. The lowest BCUT2D eigenvalue weighted by Crippen LogP contribution is -2.53. The molecule has 0 aromatic heterocycles. The maximum Gasteiger partial charge on any atom is 0.0223 e. The van der Waals surface area contributed by atoms with Crippen LogP contribution < -0.4 is 5.32 Å². The summed E-state index contributed by atoms with van der Waals surface area (Å²) >= 11 is 0. The Morgan fingerprint density at radius 3 is 2.67 bits per heavy atom. The summed E-state index contributed by atoms with van der Waals surface area (Å²) in [6.07, 6.45) is 8.46. The molecule has 2 heteroatoms. The third-order valence-corrected chi connectivity index (χ3v) is 4.95. The Morgan fingerprint density at radius 1 is 1.22 bits per heavy atom. The second-order valence-electron chi connectivity index (χ2n) is 7.51. The first-order valence-electron chi connectivity index (χ1n) is 7.92. The Labute approximate surface area is 114 Å². The van der Waals surface area contributed by atoms with Gasteiger partial charge in [-0.05, 0) is 57.0 Å². The van der Waals surface area contributed by atoms with Crippen LogP contribution in [-0.4, -0.2) is 37.1 Å². The third-order valence-electron chi connectivity index (χ3n) is 4.95. The zero-order valence-electron chi connectivity index (χ0n) is 12.8. The lowest BCUT2D eigenvalue weighted by atomic mass is 9.70. The number of likely N-dealkylation sites (tertiary alicyclic amines) is 1. The van der Waals surface area contributed by atoms with Crippen molar-refractivity contribution < 1.29 is 0 Å². The van der Waals surface area contributed by atoms with E-state index in [1.54, 1.807) is 0 Å². The highest BCUT2D eigenvalue weighted by Crippen LogP contribution is 2.41.